The second kappa shape index (κ2) is 11.1. The summed E-state index contributed by atoms with van der Waals surface area (Å²) in [7, 11) is 1.41. The highest BCUT2D eigenvalue weighted by Crippen LogP contribution is 2.22. The Morgan fingerprint density at radius 2 is 1.31 bits per heavy atom. The number of hydrogen-bond donors (Lipinski definition) is 1. The maximum atomic E-state index is 12.4. The van der Waals surface area contributed by atoms with Gasteiger partial charge in [-0.2, -0.15) is 0 Å². The summed E-state index contributed by atoms with van der Waals surface area (Å²) in [5, 5.41) is 3.15. The molecular formula is C22H27NO3. The molecule has 1 amide bonds. The lowest BCUT2D eigenvalue weighted by Gasteiger charge is -2.20. The molecule has 0 aliphatic rings. The van der Waals surface area contributed by atoms with Crippen LogP contribution in [0.3, 0.4) is 0 Å². The number of carbonyl (C=O) groups excluding carboxylic acids is 2. The first kappa shape index (κ1) is 19.7. The number of esters is 1. The molecule has 1 N–H and O–H groups in total. The van der Waals surface area contributed by atoms with E-state index in [1.165, 1.54) is 7.11 Å². The van der Waals surface area contributed by atoms with E-state index in [9.17, 15) is 9.59 Å². The molecule has 0 aromatic heterocycles. The van der Waals surface area contributed by atoms with Gasteiger partial charge in [-0.05, 0) is 24.0 Å². The maximum absolute atomic E-state index is 12.4. The van der Waals surface area contributed by atoms with Crippen molar-refractivity contribution in [3.63, 3.8) is 0 Å². The van der Waals surface area contributed by atoms with Crippen molar-refractivity contribution in [1.82, 2.24) is 5.32 Å². The highest BCUT2D eigenvalue weighted by molar-refractivity contribution is 5.77. The van der Waals surface area contributed by atoms with E-state index in [0.717, 1.165) is 36.8 Å². The fourth-order valence-corrected chi connectivity index (χ4v) is 2.89. The average Bonchev–Trinajstić information content (AvgIpc) is 2.69. The van der Waals surface area contributed by atoms with Crippen LogP contribution in [0.4, 0.5) is 0 Å². The number of rotatable bonds is 10. The molecule has 0 saturated carbocycles. The Morgan fingerprint density at radius 1 is 0.808 bits per heavy atom. The van der Waals surface area contributed by atoms with Crippen LogP contribution in [-0.4, -0.2) is 19.0 Å². The predicted molar refractivity (Wildman–Crippen MR) is 103 cm³/mol. The third-order valence-electron chi connectivity index (χ3n) is 4.33. The summed E-state index contributed by atoms with van der Waals surface area (Å²) < 4.78 is 4.62. The normalized spacial score (nSPS) is 10.5. The zero-order valence-electron chi connectivity index (χ0n) is 15.3. The van der Waals surface area contributed by atoms with Gasteiger partial charge in [0.25, 0.3) is 0 Å². The zero-order chi connectivity index (χ0) is 18.6. The van der Waals surface area contributed by atoms with Crippen molar-refractivity contribution in [2.45, 2.75) is 44.6 Å². The zero-order valence-corrected chi connectivity index (χ0v) is 15.3. The van der Waals surface area contributed by atoms with Gasteiger partial charge in [0.15, 0.2) is 0 Å². The van der Waals surface area contributed by atoms with Crippen LogP contribution in [0.15, 0.2) is 60.7 Å². The third-order valence-corrected chi connectivity index (χ3v) is 4.33. The summed E-state index contributed by atoms with van der Waals surface area (Å²) >= 11 is 0. The number of unbranched alkanes of at least 4 members (excludes halogenated alkanes) is 3. The van der Waals surface area contributed by atoms with Crippen molar-refractivity contribution in [2.75, 3.05) is 7.11 Å². The Labute approximate surface area is 155 Å². The van der Waals surface area contributed by atoms with Crippen molar-refractivity contribution < 1.29 is 14.3 Å². The van der Waals surface area contributed by atoms with Crippen LogP contribution in [0, 0.1) is 0 Å². The van der Waals surface area contributed by atoms with Crippen LogP contribution in [-0.2, 0) is 14.3 Å². The molecule has 0 fully saturated rings. The van der Waals surface area contributed by atoms with Gasteiger partial charge in [-0.25, -0.2) is 0 Å². The van der Waals surface area contributed by atoms with Gasteiger partial charge in [0.05, 0.1) is 13.2 Å². The summed E-state index contributed by atoms with van der Waals surface area (Å²) in [4.78, 5) is 23.5. The first-order valence-electron chi connectivity index (χ1n) is 9.17. The van der Waals surface area contributed by atoms with Crippen LogP contribution in [0.5, 0.6) is 0 Å². The molecule has 2 aromatic carbocycles. The number of ether oxygens (including phenoxy) is 1. The van der Waals surface area contributed by atoms with E-state index in [1.807, 2.05) is 60.7 Å². The maximum Gasteiger partial charge on any atom is 0.305 e. The molecule has 0 unspecified atom stereocenters. The molecule has 138 valence electrons. The van der Waals surface area contributed by atoms with Crippen LogP contribution < -0.4 is 5.32 Å². The molecule has 0 heterocycles. The fourth-order valence-electron chi connectivity index (χ4n) is 2.89. The molecule has 0 saturated heterocycles. The number of carbonyl (C=O) groups is 2. The van der Waals surface area contributed by atoms with E-state index < -0.39 is 0 Å². The Balaban J connectivity index is 1.83. The molecule has 0 spiro atoms. The van der Waals surface area contributed by atoms with Crippen molar-refractivity contribution in [3.8, 4) is 0 Å². The smallest absolute Gasteiger partial charge is 0.305 e. The Hall–Kier alpha value is -2.62. The quantitative estimate of drug-likeness (QED) is 0.508. The molecule has 0 aliphatic heterocycles. The van der Waals surface area contributed by atoms with E-state index >= 15 is 0 Å². The fraction of sp³-hybridized carbons (Fsp3) is 0.364. The van der Waals surface area contributed by atoms with Gasteiger partial charge in [0.2, 0.25) is 5.91 Å². The highest BCUT2D eigenvalue weighted by Gasteiger charge is 2.16. The first-order valence-corrected chi connectivity index (χ1v) is 9.17. The van der Waals surface area contributed by atoms with E-state index in [-0.39, 0.29) is 17.9 Å². The molecule has 2 aromatic rings. The van der Waals surface area contributed by atoms with E-state index in [0.29, 0.717) is 12.8 Å². The van der Waals surface area contributed by atoms with E-state index in [2.05, 4.69) is 10.1 Å². The van der Waals surface area contributed by atoms with Gasteiger partial charge in [-0.15, -0.1) is 0 Å². The topological polar surface area (TPSA) is 55.4 Å². The summed E-state index contributed by atoms with van der Waals surface area (Å²) in [6.07, 6.45) is 4.45. The van der Waals surface area contributed by atoms with Gasteiger partial charge in [0, 0.05) is 12.8 Å². The molecule has 26 heavy (non-hydrogen) atoms. The molecule has 0 aliphatic carbocycles. The molecule has 0 atom stereocenters. The minimum Gasteiger partial charge on any atom is -0.469 e. The largest absolute Gasteiger partial charge is 0.469 e. The molecule has 4 heteroatoms. The molecule has 0 bridgehead atoms. The molecular weight excluding hydrogens is 326 g/mol. The SMILES string of the molecule is COC(=O)CCCCCCC(=O)NC(c1ccccc1)c1ccccc1. The number of amides is 1. The van der Waals surface area contributed by atoms with Gasteiger partial charge in [0.1, 0.15) is 0 Å². The summed E-state index contributed by atoms with van der Waals surface area (Å²) in [5.41, 5.74) is 2.15. The summed E-state index contributed by atoms with van der Waals surface area (Å²) in [6, 6.07) is 19.9. The molecule has 0 radical (unpaired) electrons. The predicted octanol–water partition coefficient (Wildman–Crippen LogP) is 4.41. The van der Waals surface area contributed by atoms with Crippen LogP contribution >= 0.6 is 0 Å². The van der Waals surface area contributed by atoms with Crippen LogP contribution in [0.2, 0.25) is 0 Å². The third kappa shape index (κ3) is 6.71. The van der Waals surface area contributed by atoms with Crippen molar-refractivity contribution in [1.29, 1.82) is 0 Å². The van der Waals surface area contributed by atoms with Crippen LogP contribution in [0.25, 0.3) is 0 Å². The van der Waals surface area contributed by atoms with Gasteiger partial charge >= 0.3 is 5.97 Å². The lowest BCUT2D eigenvalue weighted by Crippen LogP contribution is -2.29. The van der Waals surface area contributed by atoms with E-state index in [4.69, 9.17) is 0 Å². The monoisotopic (exact) mass is 353 g/mol. The number of hydrogen-bond acceptors (Lipinski definition) is 3. The molecule has 2 rings (SSSR count). The minimum absolute atomic E-state index is 0.0516. The molecule has 4 nitrogen and oxygen atoms in total. The number of benzene rings is 2. The Kier molecular flexibility index (Phi) is 8.40. The second-order valence-electron chi connectivity index (χ2n) is 6.31. The van der Waals surface area contributed by atoms with Crippen LogP contribution in [0.1, 0.15) is 55.7 Å². The Bertz CT molecular complexity index is 631. The standard InChI is InChI=1S/C22H27NO3/c1-26-21(25)17-11-3-2-10-16-20(24)23-22(18-12-6-4-7-13-18)19-14-8-5-9-15-19/h4-9,12-15,22H,2-3,10-11,16-17H2,1H3,(H,23,24). The summed E-state index contributed by atoms with van der Waals surface area (Å²) in [6.45, 7) is 0. The van der Waals surface area contributed by atoms with Gasteiger partial charge < -0.3 is 10.1 Å². The lowest BCUT2D eigenvalue weighted by atomic mass is 9.98. The van der Waals surface area contributed by atoms with Crippen molar-refractivity contribution >= 4 is 11.9 Å². The summed E-state index contributed by atoms with van der Waals surface area (Å²) in [5.74, 6) is -0.119. The lowest BCUT2D eigenvalue weighted by molar-refractivity contribution is -0.140. The van der Waals surface area contributed by atoms with Crippen molar-refractivity contribution in [3.05, 3.63) is 71.8 Å². The number of nitrogens with one attached hydrogen (secondary N) is 1. The highest BCUT2D eigenvalue weighted by atomic mass is 16.5. The van der Waals surface area contributed by atoms with Gasteiger partial charge in [-0.1, -0.05) is 73.5 Å². The Morgan fingerprint density at radius 3 is 1.81 bits per heavy atom. The first-order chi connectivity index (χ1) is 12.7. The number of methoxy groups -OCH3 is 1. The van der Waals surface area contributed by atoms with Crippen molar-refractivity contribution in [2.24, 2.45) is 0 Å². The van der Waals surface area contributed by atoms with E-state index in [1.54, 1.807) is 0 Å². The second-order valence-corrected chi connectivity index (χ2v) is 6.31. The van der Waals surface area contributed by atoms with Gasteiger partial charge in [-0.3, -0.25) is 9.59 Å². The minimum atomic E-state index is -0.170. The average molecular weight is 353 g/mol.